The van der Waals surface area contributed by atoms with E-state index in [1.165, 1.54) is 0 Å². The molecule has 0 spiro atoms. The van der Waals surface area contributed by atoms with Gasteiger partial charge in [0.1, 0.15) is 0 Å². The monoisotopic (exact) mass is 311 g/mol. The summed E-state index contributed by atoms with van der Waals surface area (Å²) < 4.78 is 0. The van der Waals surface area contributed by atoms with Gasteiger partial charge in [0.25, 0.3) is 0 Å². The van der Waals surface area contributed by atoms with Crippen LogP contribution in [0.2, 0.25) is 0 Å². The van der Waals surface area contributed by atoms with Crippen LogP contribution in [0.3, 0.4) is 0 Å². The minimum absolute atomic E-state index is 0. The first-order valence-corrected chi connectivity index (χ1v) is 7.52. The van der Waals surface area contributed by atoms with Gasteiger partial charge in [-0.1, -0.05) is 18.2 Å². The molecule has 0 atom stereocenters. The van der Waals surface area contributed by atoms with Crippen LogP contribution in [0, 0.1) is 5.92 Å². The molecule has 0 saturated carbocycles. The first-order valence-electron chi connectivity index (χ1n) is 7.52. The zero-order valence-corrected chi connectivity index (χ0v) is 13.5. The first-order chi connectivity index (χ1) is 9.74. The van der Waals surface area contributed by atoms with Crippen LogP contribution in [0.1, 0.15) is 19.8 Å². The summed E-state index contributed by atoms with van der Waals surface area (Å²) in [4.78, 5) is 16.6. The summed E-state index contributed by atoms with van der Waals surface area (Å²) in [6, 6.07) is 9.89. The molecule has 1 saturated heterocycles. The van der Waals surface area contributed by atoms with Gasteiger partial charge in [0, 0.05) is 12.2 Å². The highest BCUT2D eigenvalue weighted by molar-refractivity contribution is 5.94. The van der Waals surface area contributed by atoms with E-state index < -0.39 is 0 Å². The van der Waals surface area contributed by atoms with E-state index >= 15 is 0 Å². The molecule has 4 nitrogen and oxygen atoms in total. The maximum absolute atomic E-state index is 12.5. The van der Waals surface area contributed by atoms with E-state index in [1.54, 1.807) is 0 Å². The standard InChI is InChI=1S/C16H25N3O.ClH/c1-2-19(15-6-4-3-5-7-15)16(20)13-18-10-8-14(12-17)9-11-18;/h3-7,14H,2,8-13,17H2,1H3;1H. The second kappa shape index (κ2) is 9.03. The molecule has 1 aliphatic heterocycles. The van der Waals surface area contributed by atoms with Crippen molar-refractivity contribution in [2.45, 2.75) is 19.8 Å². The number of halogens is 1. The number of benzene rings is 1. The largest absolute Gasteiger partial charge is 0.330 e. The Hall–Kier alpha value is -1.10. The predicted molar refractivity (Wildman–Crippen MR) is 89.9 cm³/mol. The second-order valence-corrected chi connectivity index (χ2v) is 5.43. The van der Waals surface area contributed by atoms with Crippen LogP contribution >= 0.6 is 12.4 Å². The number of anilines is 1. The van der Waals surface area contributed by atoms with Gasteiger partial charge in [-0.15, -0.1) is 12.4 Å². The topological polar surface area (TPSA) is 49.6 Å². The Morgan fingerprint density at radius 1 is 1.29 bits per heavy atom. The van der Waals surface area contributed by atoms with Crippen molar-refractivity contribution in [3.8, 4) is 0 Å². The summed E-state index contributed by atoms with van der Waals surface area (Å²) in [6.45, 7) is 5.99. The summed E-state index contributed by atoms with van der Waals surface area (Å²) in [5.41, 5.74) is 6.69. The molecule has 21 heavy (non-hydrogen) atoms. The summed E-state index contributed by atoms with van der Waals surface area (Å²) in [5, 5.41) is 0. The molecule has 118 valence electrons. The summed E-state index contributed by atoms with van der Waals surface area (Å²) in [6.07, 6.45) is 2.22. The Bertz CT molecular complexity index is 419. The zero-order chi connectivity index (χ0) is 14.4. The lowest BCUT2D eigenvalue weighted by molar-refractivity contribution is -0.120. The maximum atomic E-state index is 12.5. The van der Waals surface area contributed by atoms with Crippen LogP contribution < -0.4 is 10.6 Å². The van der Waals surface area contributed by atoms with Crippen LogP contribution in [0.5, 0.6) is 0 Å². The van der Waals surface area contributed by atoms with Gasteiger partial charge in [-0.3, -0.25) is 9.69 Å². The maximum Gasteiger partial charge on any atom is 0.241 e. The normalized spacial score (nSPS) is 16.3. The fourth-order valence-corrected chi connectivity index (χ4v) is 2.77. The molecule has 0 bridgehead atoms. The lowest BCUT2D eigenvalue weighted by Gasteiger charge is -2.32. The van der Waals surface area contributed by atoms with E-state index in [1.807, 2.05) is 42.2 Å². The molecule has 1 aromatic carbocycles. The molecule has 2 rings (SSSR count). The smallest absolute Gasteiger partial charge is 0.241 e. The third kappa shape index (κ3) is 4.99. The lowest BCUT2D eigenvalue weighted by atomic mass is 9.97. The van der Waals surface area contributed by atoms with Gasteiger partial charge < -0.3 is 10.6 Å². The minimum Gasteiger partial charge on any atom is -0.330 e. The number of amides is 1. The number of hydrogen-bond donors (Lipinski definition) is 1. The first kappa shape index (κ1) is 18.0. The van der Waals surface area contributed by atoms with Crippen LogP contribution in [0.4, 0.5) is 5.69 Å². The van der Waals surface area contributed by atoms with Crippen molar-refractivity contribution in [3.63, 3.8) is 0 Å². The molecule has 0 aromatic heterocycles. The van der Waals surface area contributed by atoms with Gasteiger partial charge >= 0.3 is 0 Å². The van der Waals surface area contributed by atoms with Crippen molar-refractivity contribution in [3.05, 3.63) is 30.3 Å². The van der Waals surface area contributed by atoms with Gasteiger partial charge in [-0.2, -0.15) is 0 Å². The van der Waals surface area contributed by atoms with E-state index in [-0.39, 0.29) is 18.3 Å². The summed E-state index contributed by atoms with van der Waals surface area (Å²) in [7, 11) is 0. The van der Waals surface area contributed by atoms with Crippen molar-refractivity contribution in [1.82, 2.24) is 4.90 Å². The number of nitrogens with zero attached hydrogens (tertiary/aromatic N) is 2. The average Bonchev–Trinajstić information content (AvgIpc) is 2.50. The molecule has 1 fully saturated rings. The van der Waals surface area contributed by atoms with E-state index in [4.69, 9.17) is 5.73 Å². The summed E-state index contributed by atoms with van der Waals surface area (Å²) >= 11 is 0. The fraction of sp³-hybridized carbons (Fsp3) is 0.562. The Balaban J connectivity index is 0.00000220. The summed E-state index contributed by atoms with van der Waals surface area (Å²) in [5.74, 6) is 0.822. The molecule has 0 aliphatic carbocycles. The van der Waals surface area contributed by atoms with Crippen molar-refractivity contribution >= 4 is 24.0 Å². The number of hydrogen-bond acceptors (Lipinski definition) is 3. The zero-order valence-electron chi connectivity index (χ0n) is 12.7. The highest BCUT2D eigenvalue weighted by atomic mass is 35.5. The molecule has 1 heterocycles. The van der Waals surface area contributed by atoms with Crippen LogP contribution in [-0.4, -0.2) is 43.5 Å². The number of rotatable bonds is 5. The van der Waals surface area contributed by atoms with Crippen molar-refractivity contribution in [2.24, 2.45) is 11.7 Å². The molecule has 2 N–H and O–H groups in total. The Labute approximate surface area is 133 Å². The van der Waals surface area contributed by atoms with Gasteiger partial charge in [0.15, 0.2) is 0 Å². The lowest BCUT2D eigenvalue weighted by Crippen LogP contribution is -2.44. The highest BCUT2D eigenvalue weighted by Gasteiger charge is 2.22. The number of nitrogens with two attached hydrogens (primary N) is 1. The van der Waals surface area contributed by atoms with E-state index in [0.29, 0.717) is 19.0 Å². The number of carbonyl (C=O) groups is 1. The van der Waals surface area contributed by atoms with Crippen LogP contribution in [-0.2, 0) is 4.79 Å². The molecular weight excluding hydrogens is 286 g/mol. The predicted octanol–water partition coefficient (Wildman–Crippen LogP) is 2.13. The molecule has 0 radical (unpaired) electrons. The molecule has 0 unspecified atom stereocenters. The molecular formula is C16H26ClN3O. The second-order valence-electron chi connectivity index (χ2n) is 5.43. The quantitative estimate of drug-likeness (QED) is 0.906. The van der Waals surface area contributed by atoms with Gasteiger partial charge in [-0.05, 0) is 57.5 Å². The fourth-order valence-electron chi connectivity index (χ4n) is 2.77. The van der Waals surface area contributed by atoms with Gasteiger partial charge in [0.05, 0.1) is 6.54 Å². The number of piperidine rings is 1. The highest BCUT2D eigenvalue weighted by Crippen LogP contribution is 2.17. The molecule has 1 aromatic rings. The Morgan fingerprint density at radius 3 is 2.43 bits per heavy atom. The van der Waals surface area contributed by atoms with Crippen LogP contribution in [0.25, 0.3) is 0 Å². The van der Waals surface area contributed by atoms with E-state index in [9.17, 15) is 4.79 Å². The SMILES string of the molecule is CCN(C(=O)CN1CCC(CN)CC1)c1ccccc1.Cl. The Morgan fingerprint density at radius 2 is 1.90 bits per heavy atom. The minimum atomic E-state index is 0. The molecule has 1 amide bonds. The number of likely N-dealkylation sites (N-methyl/N-ethyl adjacent to an activating group) is 1. The third-order valence-corrected chi connectivity index (χ3v) is 4.08. The van der Waals surface area contributed by atoms with Crippen molar-refractivity contribution < 1.29 is 4.79 Å². The third-order valence-electron chi connectivity index (χ3n) is 4.08. The number of para-hydroxylation sites is 1. The number of likely N-dealkylation sites (tertiary alicyclic amines) is 1. The molecule has 1 aliphatic rings. The molecule has 5 heteroatoms. The average molecular weight is 312 g/mol. The van der Waals surface area contributed by atoms with E-state index in [0.717, 1.165) is 38.2 Å². The Kier molecular flexibility index (Phi) is 7.72. The van der Waals surface area contributed by atoms with Gasteiger partial charge in [0.2, 0.25) is 5.91 Å². The number of carbonyl (C=O) groups excluding carboxylic acids is 1. The van der Waals surface area contributed by atoms with Crippen molar-refractivity contribution in [2.75, 3.05) is 37.6 Å². The van der Waals surface area contributed by atoms with Gasteiger partial charge in [-0.25, -0.2) is 0 Å². The van der Waals surface area contributed by atoms with Crippen LogP contribution in [0.15, 0.2) is 30.3 Å². The van der Waals surface area contributed by atoms with Crippen molar-refractivity contribution in [1.29, 1.82) is 0 Å². The van der Waals surface area contributed by atoms with E-state index in [2.05, 4.69) is 4.90 Å².